The molecule has 1 aromatic heterocycles. The Labute approximate surface area is 313 Å². The topological polar surface area (TPSA) is 13.1 Å². The lowest BCUT2D eigenvalue weighted by molar-refractivity contribution is 0.669. The lowest BCUT2D eigenvalue weighted by Gasteiger charge is -2.19. The Morgan fingerprint density at radius 2 is 0.918 bits per heavy atom. The quantitative estimate of drug-likeness (QED) is 0.174. The lowest BCUT2D eigenvalue weighted by atomic mass is 9.84. The first-order chi connectivity index (χ1) is 33.1. The van der Waals surface area contributed by atoms with E-state index in [1.807, 2.05) is 0 Å². The minimum Gasteiger partial charge on any atom is -0.456 e. The van der Waals surface area contributed by atoms with E-state index in [-0.39, 0.29) is 84.7 Å². The molecule has 1 heterocycles. The highest BCUT2D eigenvalue weighted by Gasteiger charge is 2.18. The second-order valence-electron chi connectivity index (χ2n) is 11.2. The molecule has 0 unspecified atom stereocenters. The van der Waals surface area contributed by atoms with Gasteiger partial charge in [-0.15, -0.1) is 0 Å². The van der Waals surface area contributed by atoms with E-state index in [4.69, 9.17) is 22.2 Å². The summed E-state index contributed by atoms with van der Waals surface area (Å²) in [7, 11) is 0. The van der Waals surface area contributed by atoms with Gasteiger partial charge < -0.3 is 4.42 Å². The Bertz CT molecular complexity index is 3960. The van der Waals surface area contributed by atoms with Gasteiger partial charge in [-0.3, -0.25) is 0 Å². The molecule has 0 radical (unpaired) electrons. The van der Waals surface area contributed by atoms with Crippen LogP contribution < -0.4 is 0 Å². The maximum Gasteiger partial charge on any atom is 0.136 e. The fraction of sp³-hybridized carbons (Fsp3) is 0. The van der Waals surface area contributed by atoms with Crippen molar-refractivity contribution in [3.63, 3.8) is 0 Å². The van der Waals surface area contributed by atoms with Gasteiger partial charge in [0.15, 0.2) is 0 Å². The summed E-state index contributed by atoms with van der Waals surface area (Å²) in [4.78, 5) is 0. The molecule has 0 N–H and O–H groups in total. The molecule has 0 fully saturated rings. The Kier molecular flexibility index (Phi) is 3.16. The SMILES string of the molecule is [2H]c1c(-c2ccccc2)c([2H])c2c(oc3c([2H])c(-c4ccc(-c5c6c([2H])c([2H])c([2H])c([2H])c6c(-c6c([2H])c([2H])c([2H])c7c([2H])c([2H])c([2H])c([2H])c67)c6c([2H])c([2H])c([2H])c([2H])c56)cc4)c([2H])c([2H])c32)c1[2H]. The van der Waals surface area contributed by atoms with Crippen LogP contribution in [0.4, 0.5) is 0 Å². The smallest absolute Gasteiger partial charge is 0.136 e. The molecule has 9 aromatic carbocycles. The maximum atomic E-state index is 9.35. The van der Waals surface area contributed by atoms with Crippen LogP contribution in [-0.4, -0.2) is 0 Å². The van der Waals surface area contributed by atoms with E-state index in [2.05, 4.69) is 0 Å². The van der Waals surface area contributed by atoms with E-state index in [9.17, 15) is 11.0 Å². The van der Waals surface area contributed by atoms with Crippen molar-refractivity contribution in [2.45, 2.75) is 0 Å². The highest BCUT2D eigenvalue weighted by Crippen LogP contribution is 2.45. The average molecular weight is 644 g/mol. The van der Waals surface area contributed by atoms with Gasteiger partial charge in [0, 0.05) is 10.8 Å². The third kappa shape index (κ3) is 4.47. The zero-order chi connectivity index (χ0) is 50.6. The number of benzene rings is 9. The summed E-state index contributed by atoms with van der Waals surface area (Å²) in [5.74, 6) is 0. The van der Waals surface area contributed by atoms with E-state index in [0.717, 1.165) is 0 Å². The van der Waals surface area contributed by atoms with E-state index < -0.39 is 135 Å². The van der Waals surface area contributed by atoms with Gasteiger partial charge in [-0.05, 0) is 101 Å². The fourth-order valence-corrected chi connectivity index (χ4v) is 6.25. The van der Waals surface area contributed by atoms with Crippen LogP contribution in [0.15, 0.2) is 186 Å². The average Bonchev–Trinajstić information content (AvgIpc) is 3.77. The summed E-state index contributed by atoms with van der Waals surface area (Å²) in [6.45, 7) is 0. The van der Waals surface area contributed by atoms with Crippen molar-refractivity contribution in [1.82, 2.24) is 0 Å². The summed E-state index contributed by atoms with van der Waals surface area (Å²) in [6, 6.07) is 0.501. The molecule has 0 spiro atoms. The number of hydrogen-bond donors (Lipinski definition) is 0. The molecule has 0 aliphatic heterocycles. The molecule has 1 heteroatoms. The molecule has 0 atom stereocenters. The van der Waals surface area contributed by atoms with E-state index >= 15 is 0 Å². The third-order valence-electron chi connectivity index (χ3n) is 8.47. The highest BCUT2D eigenvalue weighted by molar-refractivity contribution is 6.23. The summed E-state index contributed by atoms with van der Waals surface area (Å²) in [6.07, 6.45) is 0. The summed E-state index contributed by atoms with van der Waals surface area (Å²) >= 11 is 0. The number of furan rings is 1. The first kappa shape index (κ1) is 14.0. The van der Waals surface area contributed by atoms with Crippen LogP contribution in [0.2, 0.25) is 0 Å². The van der Waals surface area contributed by atoms with E-state index in [1.165, 1.54) is 24.3 Å². The molecule has 0 saturated carbocycles. The van der Waals surface area contributed by atoms with Crippen molar-refractivity contribution in [2.75, 3.05) is 0 Å². The molecule has 0 aliphatic rings. The minimum atomic E-state index is -0.826. The standard InChI is InChI=1S/C48H30O/c1-2-11-31(12-3-1)35-26-28-45-44(29-35)38-27-25-36(30-46(38)49-45)32-21-23-34(24-22-32)47-40-16-6-8-18-42(40)48(43-19-9-7-17-41(43)47)39-20-10-14-33-13-4-5-15-37(33)39/h1-30H/i4D,5D,6D,7D,8D,9D,10D,13D,14D,15D,16D,17D,18D,19D,20D,25D,26D,27D,28D,29D,30D. The van der Waals surface area contributed by atoms with Crippen molar-refractivity contribution in [3.05, 3.63) is 181 Å². The second kappa shape index (κ2) is 11.1. The van der Waals surface area contributed by atoms with E-state index in [1.54, 1.807) is 30.3 Å². The van der Waals surface area contributed by atoms with Crippen LogP contribution in [0.25, 0.3) is 98.8 Å². The van der Waals surface area contributed by atoms with Crippen LogP contribution in [0.5, 0.6) is 0 Å². The number of hydrogen-bond acceptors (Lipinski definition) is 1. The monoisotopic (exact) mass is 643 g/mol. The molecule has 10 aromatic rings. The van der Waals surface area contributed by atoms with Crippen molar-refractivity contribution in [2.24, 2.45) is 0 Å². The van der Waals surface area contributed by atoms with Gasteiger partial charge in [0.1, 0.15) is 11.2 Å². The van der Waals surface area contributed by atoms with Gasteiger partial charge in [-0.1, -0.05) is 157 Å². The lowest BCUT2D eigenvalue weighted by Crippen LogP contribution is -1.91. The molecule has 228 valence electrons. The molecule has 0 bridgehead atoms. The van der Waals surface area contributed by atoms with Crippen molar-refractivity contribution in [1.29, 1.82) is 0 Å². The molecule has 10 rings (SSSR count). The second-order valence-corrected chi connectivity index (χ2v) is 11.2. The zero-order valence-electron chi connectivity index (χ0n) is 46.1. The van der Waals surface area contributed by atoms with Crippen LogP contribution in [0.3, 0.4) is 0 Å². The van der Waals surface area contributed by atoms with Gasteiger partial charge in [-0.2, -0.15) is 0 Å². The first-order valence-corrected chi connectivity index (χ1v) is 15.1. The summed E-state index contributed by atoms with van der Waals surface area (Å²) in [5, 5.41) is -2.58. The van der Waals surface area contributed by atoms with Crippen LogP contribution >= 0.6 is 0 Å². The Morgan fingerprint density at radius 1 is 0.347 bits per heavy atom. The highest BCUT2D eigenvalue weighted by atomic mass is 16.3. The van der Waals surface area contributed by atoms with Crippen molar-refractivity contribution >= 4 is 54.3 Å². The molecule has 0 saturated heterocycles. The normalized spacial score (nSPS) is 17.7. The van der Waals surface area contributed by atoms with Crippen LogP contribution in [-0.2, 0) is 0 Å². The molecule has 49 heavy (non-hydrogen) atoms. The van der Waals surface area contributed by atoms with Crippen molar-refractivity contribution in [3.8, 4) is 44.5 Å². The van der Waals surface area contributed by atoms with Crippen LogP contribution in [0, 0.1) is 0 Å². The largest absolute Gasteiger partial charge is 0.456 e. The van der Waals surface area contributed by atoms with Gasteiger partial charge in [0.2, 0.25) is 0 Å². The first-order valence-electron chi connectivity index (χ1n) is 25.6. The predicted molar refractivity (Wildman–Crippen MR) is 208 cm³/mol. The molecular formula is C48H30O. The molecule has 0 amide bonds. The summed E-state index contributed by atoms with van der Waals surface area (Å²) < 4.78 is 194. The van der Waals surface area contributed by atoms with Gasteiger partial charge in [0.25, 0.3) is 0 Å². The number of rotatable bonds is 4. The van der Waals surface area contributed by atoms with Gasteiger partial charge in [-0.25, -0.2) is 0 Å². The fourth-order valence-electron chi connectivity index (χ4n) is 6.25. The molecule has 1 nitrogen and oxygen atoms in total. The van der Waals surface area contributed by atoms with E-state index in [0.29, 0.717) is 5.56 Å². The zero-order valence-corrected chi connectivity index (χ0v) is 25.1. The molecule has 0 aliphatic carbocycles. The third-order valence-corrected chi connectivity index (χ3v) is 8.47. The Balaban J connectivity index is 1.31. The van der Waals surface area contributed by atoms with Gasteiger partial charge >= 0.3 is 0 Å². The number of fused-ring (bicyclic) bond motifs is 6. The van der Waals surface area contributed by atoms with Crippen molar-refractivity contribution < 1.29 is 33.2 Å². The predicted octanol–water partition coefficient (Wildman–Crippen LogP) is 13.7. The summed E-state index contributed by atoms with van der Waals surface area (Å²) in [5.41, 5.74) is -0.874. The Morgan fingerprint density at radius 3 is 1.65 bits per heavy atom. The van der Waals surface area contributed by atoms with Gasteiger partial charge in [0.05, 0.1) is 28.8 Å². The Hall–Kier alpha value is -6.44. The minimum absolute atomic E-state index is 0.0134. The maximum absolute atomic E-state index is 9.35. The van der Waals surface area contributed by atoms with Crippen LogP contribution in [0.1, 0.15) is 28.8 Å². The molecular weight excluding hydrogens is 593 g/mol.